The van der Waals surface area contributed by atoms with Gasteiger partial charge in [-0.05, 0) is 41.7 Å². The Morgan fingerprint density at radius 2 is 1.83 bits per heavy atom. The van der Waals surface area contributed by atoms with Gasteiger partial charge in [-0.2, -0.15) is 0 Å². The van der Waals surface area contributed by atoms with Crippen molar-refractivity contribution in [1.29, 1.82) is 0 Å². The average molecular weight is 308 g/mol. The quantitative estimate of drug-likeness (QED) is 0.939. The maximum Gasteiger partial charge on any atom is 0.251 e. The van der Waals surface area contributed by atoms with Crippen molar-refractivity contribution < 1.29 is 4.79 Å². The number of fused-ring (bicyclic) bond motifs is 1. The third kappa shape index (κ3) is 3.45. The zero-order valence-electron chi connectivity index (χ0n) is 13.9. The predicted octanol–water partition coefficient (Wildman–Crippen LogP) is 3.38. The molecule has 1 amide bonds. The van der Waals surface area contributed by atoms with E-state index in [2.05, 4.69) is 53.5 Å². The molecular weight excluding hydrogens is 284 g/mol. The predicted molar refractivity (Wildman–Crippen MR) is 93.3 cm³/mol. The van der Waals surface area contributed by atoms with Crippen LogP contribution in [0.25, 0.3) is 0 Å². The van der Waals surface area contributed by atoms with E-state index in [4.69, 9.17) is 0 Å². The molecule has 1 aliphatic rings. The summed E-state index contributed by atoms with van der Waals surface area (Å²) in [4.78, 5) is 14.2. The topological polar surface area (TPSA) is 32.3 Å². The van der Waals surface area contributed by atoms with Crippen molar-refractivity contribution >= 4 is 5.91 Å². The highest BCUT2D eigenvalue weighted by Gasteiger charge is 2.24. The normalized spacial score (nSPS) is 17.6. The maximum absolute atomic E-state index is 11.6. The van der Waals surface area contributed by atoms with Gasteiger partial charge in [0, 0.05) is 31.7 Å². The molecule has 0 bridgehead atoms. The third-order valence-electron chi connectivity index (χ3n) is 4.76. The van der Waals surface area contributed by atoms with Gasteiger partial charge in [0.15, 0.2) is 0 Å². The van der Waals surface area contributed by atoms with E-state index in [0.717, 1.165) is 25.9 Å². The number of hydrogen-bond acceptors (Lipinski definition) is 2. The first-order chi connectivity index (χ1) is 11.2. The molecule has 1 atom stereocenters. The van der Waals surface area contributed by atoms with Crippen LogP contribution in [0.4, 0.5) is 0 Å². The van der Waals surface area contributed by atoms with E-state index < -0.39 is 0 Å². The molecule has 0 aliphatic carbocycles. The summed E-state index contributed by atoms with van der Waals surface area (Å²) in [6, 6.07) is 17.3. The Balaban J connectivity index is 1.75. The van der Waals surface area contributed by atoms with E-state index in [-0.39, 0.29) is 5.91 Å². The first-order valence-electron chi connectivity index (χ1n) is 8.33. The molecule has 2 aromatic carbocycles. The molecule has 0 radical (unpaired) electrons. The summed E-state index contributed by atoms with van der Waals surface area (Å²) in [5.74, 6) is -0.0325. The minimum absolute atomic E-state index is 0.0325. The molecule has 2 aromatic rings. The van der Waals surface area contributed by atoms with Crippen LogP contribution in [0, 0.1) is 0 Å². The number of nitrogens with zero attached hydrogens (tertiary/aromatic N) is 1. The second-order valence-electron chi connectivity index (χ2n) is 6.22. The molecule has 3 nitrogen and oxygen atoms in total. The Morgan fingerprint density at radius 1 is 1.13 bits per heavy atom. The second-order valence-corrected chi connectivity index (χ2v) is 6.22. The fourth-order valence-corrected chi connectivity index (χ4v) is 3.37. The summed E-state index contributed by atoms with van der Waals surface area (Å²) in [5.41, 5.74) is 4.91. The van der Waals surface area contributed by atoms with Crippen molar-refractivity contribution in [2.75, 3.05) is 7.05 Å². The highest BCUT2D eigenvalue weighted by Crippen LogP contribution is 2.26. The minimum Gasteiger partial charge on any atom is -0.355 e. The van der Waals surface area contributed by atoms with Crippen molar-refractivity contribution in [3.8, 4) is 0 Å². The van der Waals surface area contributed by atoms with Gasteiger partial charge >= 0.3 is 0 Å². The lowest BCUT2D eigenvalue weighted by Crippen LogP contribution is -2.39. The summed E-state index contributed by atoms with van der Waals surface area (Å²) >= 11 is 0. The minimum atomic E-state index is -0.0325. The van der Waals surface area contributed by atoms with Gasteiger partial charge in [0.25, 0.3) is 5.91 Å². The van der Waals surface area contributed by atoms with Gasteiger partial charge in [-0.25, -0.2) is 0 Å². The molecule has 0 spiro atoms. The highest BCUT2D eigenvalue weighted by atomic mass is 16.1. The number of amides is 1. The Labute approximate surface area is 138 Å². The number of carbonyl (C=O) groups is 1. The van der Waals surface area contributed by atoms with Crippen LogP contribution in [0.2, 0.25) is 0 Å². The Kier molecular flexibility index (Phi) is 4.77. The van der Waals surface area contributed by atoms with Crippen LogP contribution in [0.15, 0.2) is 48.5 Å². The van der Waals surface area contributed by atoms with E-state index in [1.807, 2.05) is 12.1 Å². The van der Waals surface area contributed by atoms with Crippen LogP contribution in [0.5, 0.6) is 0 Å². The van der Waals surface area contributed by atoms with E-state index >= 15 is 0 Å². The van der Waals surface area contributed by atoms with Crippen molar-refractivity contribution in [3.63, 3.8) is 0 Å². The van der Waals surface area contributed by atoms with E-state index in [9.17, 15) is 4.79 Å². The monoisotopic (exact) mass is 308 g/mol. The van der Waals surface area contributed by atoms with E-state index in [0.29, 0.717) is 11.6 Å². The maximum atomic E-state index is 11.6. The van der Waals surface area contributed by atoms with E-state index in [1.54, 1.807) is 7.05 Å². The van der Waals surface area contributed by atoms with Gasteiger partial charge in [-0.1, -0.05) is 43.3 Å². The van der Waals surface area contributed by atoms with Gasteiger partial charge in [0.2, 0.25) is 0 Å². The summed E-state index contributed by atoms with van der Waals surface area (Å²) in [5, 5.41) is 2.66. The molecule has 1 heterocycles. The number of carbonyl (C=O) groups excluding carboxylic acids is 1. The summed E-state index contributed by atoms with van der Waals surface area (Å²) in [6.45, 7) is 4.20. The first-order valence-corrected chi connectivity index (χ1v) is 8.33. The molecule has 0 saturated heterocycles. The van der Waals surface area contributed by atoms with Crippen LogP contribution in [0.3, 0.4) is 0 Å². The average Bonchev–Trinajstić information content (AvgIpc) is 2.61. The van der Waals surface area contributed by atoms with Crippen molar-refractivity contribution in [2.24, 2.45) is 0 Å². The molecule has 120 valence electrons. The van der Waals surface area contributed by atoms with E-state index in [1.165, 1.54) is 16.7 Å². The SMILES string of the molecule is CCC1Cc2ccccc2CN1Cc1ccc(C(=O)NC)cc1. The number of hydrogen-bond donors (Lipinski definition) is 1. The summed E-state index contributed by atoms with van der Waals surface area (Å²) in [7, 11) is 1.66. The Hall–Kier alpha value is -2.13. The lowest BCUT2D eigenvalue weighted by Gasteiger charge is -2.36. The van der Waals surface area contributed by atoms with Crippen LogP contribution in [0.1, 0.15) is 40.4 Å². The molecule has 0 saturated carbocycles. The van der Waals surface area contributed by atoms with Crippen molar-refractivity contribution in [2.45, 2.75) is 38.9 Å². The van der Waals surface area contributed by atoms with Gasteiger partial charge in [0.1, 0.15) is 0 Å². The smallest absolute Gasteiger partial charge is 0.251 e. The molecular formula is C20H24N2O. The molecule has 1 N–H and O–H groups in total. The Bertz CT molecular complexity index is 678. The number of benzene rings is 2. The zero-order valence-corrected chi connectivity index (χ0v) is 13.9. The Morgan fingerprint density at radius 3 is 2.48 bits per heavy atom. The highest BCUT2D eigenvalue weighted by molar-refractivity contribution is 5.93. The van der Waals surface area contributed by atoms with Crippen LogP contribution < -0.4 is 5.32 Å². The fourth-order valence-electron chi connectivity index (χ4n) is 3.37. The summed E-state index contributed by atoms with van der Waals surface area (Å²) in [6.07, 6.45) is 2.29. The molecule has 0 fully saturated rings. The second kappa shape index (κ2) is 6.97. The molecule has 3 heteroatoms. The molecule has 23 heavy (non-hydrogen) atoms. The standard InChI is InChI=1S/C20H24N2O/c1-3-19-12-17-6-4-5-7-18(17)14-22(19)13-15-8-10-16(11-9-15)20(23)21-2/h4-11,19H,3,12-14H2,1-2H3,(H,21,23). The van der Waals surface area contributed by atoms with Crippen molar-refractivity contribution in [1.82, 2.24) is 10.2 Å². The van der Waals surface area contributed by atoms with Gasteiger partial charge in [0.05, 0.1) is 0 Å². The lowest BCUT2D eigenvalue weighted by atomic mass is 9.92. The summed E-state index contributed by atoms with van der Waals surface area (Å²) < 4.78 is 0. The largest absolute Gasteiger partial charge is 0.355 e. The molecule has 3 rings (SSSR count). The fraction of sp³-hybridized carbons (Fsp3) is 0.350. The van der Waals surface area contributed by atoms with Gasteiger partial charge in [-0.15, -0.1) is 0 Å². The first kappa shape index (κ1) is 15.8. The molecule has 1 unspecified atom stereocenters. The van der Waals surface area contributed by atoms with Gasteiger partial charge < -0.3 is 5.32 Å². The van der Waals surface area contributed by atoms with Crippen LogP contribution in [-0.4, -0.2) is 23.9 Å². The van der Waals surface area contributed by atoms with Gasteiger partial charge in [-0.3, -0.25) is 9.69 Å². The van der Waals surface area contributed by atoms with Crippen LogP contribution in [-0.2, 0) is 19.5 Å². The number of nitrogens with one attached hydrogen (secondary N) is 1. The zero-order chi connectivity index (χ0) is 16.2. The third-order valence-corrected chi connectivity index (χ3v) is 4.76. The molecule has 1 aliphatic heterocycles. The van der Waals surface area contributed by atoms with Crippen LogP contribution >= 0.6 is 0 Å². The van der Waals surface area contributed by atoms with Crippen molar-refractivity contribution in [3.05, 3.63) is 70.8 Å². The number of rotatable bonds is 4. The lowest BCUT2D eigenvalue weighted by molar-refractivity contribution is 0.0963. The molecule has 0 aromatic heterocycles.